The molecule has 6 heteroatoms. The van der Waals surface area contributed by atoms with Gasteiger partial charge in [-0.15, -0.1) is 0 Å². The van der Waals surface area contributed by atoms with E-state index >= 15 is 0 Å². The lowest BCUT2D eigenvalue weighted by Gasteiger charge is -2.38. The van der Waals surface area contributed by atoms with Crippen molar-refractivity contribution >= 4 is 17.8 Å². The molecule has 1 atom stereocenters. The Kier molecular flexibility index (Phi) is 5.28. The number of esters is 1. The number of carbonyl (C=O) groups is 3. The number of ether oxygens (including phenoxy) is 2. The lowest BCUT2D eigenvalue weighted by atomic mass is 9.96. The third-order valence-electron chi connectivity index (χ3n) is 3.68. The molecular formula is C17H19NO5. The number of nitrogens with zero attached hydrogens (tertiary/aromatic N) is 1. The van der Waals surface area contributed by atoms with Gasteiger partial charge < -0.3 is 9.47 Å². The van der Waals surface area contributed by atoms with Gasteiger partial charge in [-0.1, -0.05) is 37.8 Å². The van der Waals surface area contributed by atoms with Gasteiger partial charge in [-0.2, -0.15) is 0 Å². The molecule has 0 aromatic heterocycles. The molecule has 23 heavy (non-hydrogen) atoms. The summed E-state index contributed by atoms with van der Waals surface area (Å²) in [5.74, 6) is -1.93. The van der Waals surface area contributed by atoms with Crippen molar-refractivity contribution in [1.29, 1.82) is 0 Å². The van der Waals surface area contributed by atoms with Crippen LogP contribution in [-0.4, -0.2) is 48.0 Å². The van der Waals surface area contributed by atoms with E-state index in [1.807, 2.05) is 0 Å². The van der Waals surface area contributed by atoms with E-state index in [9.17, 15) is 14.4 Å². The van der Waals surface area contributed by atoms with Crippen LogP contribution in [0.15, 0.2) is 43.0 Å². The van der Waals surface area contributed by atoms with Gasteiger partial charge >= 0.3 is 5.97 Å². The van der Waals surface area contributed by atoms with Crippen molar-refractivity contribution in [1.82, 2.24) is 4.90 Å². The summed E-state index contributed by atoms with van der Waals surface area (Å²) in [4.78, 5) is 38.6. The quantitative estimate of drug-likeness (QED) is 0.357. The molecule has 1 aliphatic rings. The second kappa shape index (κ2) is 7.19. The maximum Gasteiger partial charge on any atom is 0.348 e. The second-order valence-corrected chi connectivity index (χ2v) is 5.04. The first-order chi connectivity index (χ1) is 11.1. The van der Waals surface area contributed by atoms with Crippen molar-refractivity contribution in [2.45, 2.75) is 18.9 Å². The Balaban J connectivity index is 2.27. The predicted octanol–water partition coefficient (Wildman–Crippen LogP) is 1.56. The molecule has 122 valence electrons. The minimum absolute atomic E-state index is 0.0240. The Hall–Kier alpha value is -2.47. The summed E-state index contributed by atoms with van der Waals surface area (Å²) in [5, 5.41) is 0. The molecule has 2 amide bonds. The predicted molar refractivity (Wildman–Crippen MR) is 82.6 cm³/mol. The molecular weight excluding hydrogens is 298 g/mol. The largest absolute Gasteiger partial charge is 0.459 e. The van der Waals surface area contributed by atoms with E-state index in [2.05, 4.69) is 6.58 Å². The number of amides is 2. The molecule has 0 bridgehead atoms. The van der Waals surface area contributed by atoms with Crippen LogP contribution in [0.3, 0.4) is 0 Å². The van der Waals surface area contributed by atoms with Crippen molar-refractivity contribution in [2.24, 2.45) is 0 Å². The Labute approximate surface area is 134 Å². The summed E-state index contributed by atoms with van der Waals surface area (Å²) < 4.78 is 10.4. The normalized spacial score (nSPS) is 20.9. The van der Waals surface area contributed by atoms with Gasteiger partial charge in [0.15, 0.2) is 0 Å². The molecule has 0 N–H and O–H groups in total. The maximum atomic E-state index is 12.8. The van der Waals surface area contributed by atoms with E-state index in [4.69, 9.17) is 9.47 Å². The molecule has 1 aromatic rings. The van der Waals surface area contributed by atoms with Crippen LogP contribution in [0.2, 0.25) is 0 Å². The van der Waals surface area contributed by atoms with E-state index in [1.54, 1.807) is 37.3 Å². The third kappa shape index (κ3) is 3.17. The van der Waals surface area contributed by atoms with Gasteiger partial charge in [-0.25, -0.2) is 4.79 Å². The average molecular weight is 317 g/mol. The molecule has 1 aromatic carbocycles. The van der Waals surface area contributed by atoms with Crippen LogP contribution in [-0.2, 0) is 19.1 Å². The van der Waals surface area contributed by atoms with Crippen LogP contribution < -0.4 is 0 Å². The average Bonchev–Trinajstić information content (AvgIpc) is 2.60. The van der Waals surface area contributed by atoms with E-state index in [-0.39, 0.29) is 26.2 Å². The Bertz CT molecular complexity index is 613. The Morgan fingerprint density at radius 2 is 2.09 bits per heavy atom. The monoisotopic (exact) mass is 317 g/mol. The summed E-state index contributed by atoms with van der Waals surface area (Å²) in [5.41, 5.74) is -1.39. The zero-order valence-corrected chi connectivity index (χ0v) is 13.0. The second-order valence-electron chi connectivity index (χ2n) is 5.04. The molecule has 1 fully saturated rings. The topological polar surface area (TPSA) is 72.9 Å². The lowest BCUT2D eigenvalue weighted by molar-refractivity contribution is -0.189. The zero-order chi connectivity index (χ0) is 16.9. The van der Waals surface area contributed by atoms with E-state index < -0.39 is 23.4 Å². The fourth-order valence-corrected chi connectivity index (χ4v) is 2.42. The molecule has 1 aliphatic heterocycles. The highest BCUT2D eigenvalue weighted by atomic mass is 16.6. The SMILES string of the molecule is C=CCOC(=O)C1(CC)OCCN(C(=O)c2ccccc2)C1=O. The van der Waals surface area contributed by atoms with Gasteiger partial charge in [0, 0.05) is 5.56 Å². The molecule has 6 nitrogen and oxygen atoms in total. The van der Waals surface area contributed by atoms with Crippen LogP contribution in [0.5, 0.6) is 0 Å². The van der Waals surface area contributed by atoms with Gasteiger partial charge in [0.05, 0.1) is 13.2 Å². The molecule has 0 spiro atoms. The van der Waals surface area contributed by atoms with Gasteiger partial charge in [-0.05, 0) is 18.6 Å². The first-order valence-corrected chi connectivity index (χ1v) is 7.40. The molecule has 1 heterocycles. The highest BCUT2D eigenvalue weighted by molar-refractivity contribution is 6.14. The fraction of sp³-hybridized carbons (Fsp3) is 0.353. The molecule has 0 aliphatic carbocycles. The molecule has 1 unspecified atom stereocenters. The van der Waals surface area contributed by atoms with E-state index in [0.29, 0.717) is 5.56 Å². The minimum atomic E-state index is -1.77. The highest BCUT2D eigenvalue weighted by Crippen LogP contribution is 2.26. The van der Waals surface area contributed by atoms with Crippen molar-refractivity contribution in [2.75, 3.05) is 19.8 Å². The number of rotatable bonds is 5. The summed E-state index contributed by atoms with van der Waals surface area (Å²) in [6, 6.07) is 8.44. The van der Waals surface area contributed by atoms with E-state index in [1.165, 1.54) is 6.08 Å². The summed E-state index contributed by atoms with van der Waals surface area (Å²) in [6.45, 7) is 5.26. The Morgan fingerprint density at radius 1 is 1.39 bits per heavy atom. The number of hydrogen-bond acceptors (Lipinski definition) is 5. The number of benzene rings is 1. The third-order valence-corrected chi connectivity index (χ3v) is 3.68. The molecule has 1 saturated heterocycles. The molecule has 0 saturated carbocycles. The Morgan fingerprint density at radius 3 is 2.70 bits per heavy atom. The standard InChI is InChI=1S/C17H19NO5/c1-3-11-22-16(21)17(4-2)15(20)18(10-12-23-17)14(19)13-8-6-5-7-9-13/h3,5-9H,1,4,10-12H2,2H3. The first-order valence-electron chi connectivity index (χ1n) is 7.40. The van der Waals surface area contributed by atoms with Crippen LogP contribution >= 0.6 is 0 Å². The summed E-state index contributed by atoms with van der Waals surface area (Å²) in [6.07, 6.45) is 1.49. The molecule has 2 rings (SSSR count). The smallest absolute Gasteiger partial charge is 0.348 e. The van der Waals surface area contributed by atoms with Crippen molar-refractivity contribution in [3.8, 4) is 0 Å². The zero-order valence-electron chi connectivity index (χ0n) is 13.0. The van der Waals surface area contributed by atoms with Crippen LogP contribution in [0.4, 0.5) is 0 Å². The first kappa shape index (κ1) is 16.9. The van der Waals surface area contributed by atoms with Crippen molar-refractivity contribution < 1.29 is 23.9 Å². The van der Waals surface area contributed by atoms with Crippen LogP contribution in [0, 0.1) is 0 Å². The minimum Gasteiger partial charge on any atom is -0.459 e. The number of imide groups is 1. The molecule has 0 radical (unpaired) electrons. The van der Waals surface area contributed by atoms with Crippen LogP contribution in [0.25, 0.3) is 0 Å². The van der Waals surface area contributed by atoms with Gasteiger partial charge in [-0.3, -0.25) is 14.5 Å². The highest BCUT2D eigenvalue weighted by Gasteiger charge is 2.53. The number of morpholine rings is 1. The van der Waals surface area contributed by atoms with Gasteiger partial charge in [0.1, 0.15) is 6.61 Å². The lowest BCUT2D eigenvalue weighted by Crippen LogP contribution is -2.62. The van der Waals surface area contributed by atoms with Crippen LogP contribution in [0.1, 0.15) is 23.7 Å². The van der Waals surface area contributed by atoms with E-state index in [0.717, 1.165) is 4.90 Å². The van der Waals surface area contributed by atoms with Crippen molar-refractivity contribution in [3.63, 3.8) is 0 Å². The number of carbonyl (C=O) groups excluding carboxylic acids is 3. The van der Waals surface area contributed by atoms with Gasteiger partial charge in [0.2, 0.25) is 5.60 Å². The summed E-state index contributed by atoms with van der Waals surface area (Å²) >= 11 is 0. The maximum absolute atomic E-state index is 12.8. The number of hydrogen-bond donors (Lipinski definition) is 0. The van der Waals surface area contributed by atoms with Crippen molar-refractivity contribution in [3.05, 3.63) is 48.6 Å². The van der Waals surface area contributed by atoms with Gasteiger partial charge in [0.25, 0.3) is 11.8 Å². The fourth-order valence-electron chi connectivity index (χ4n) is 2.42. The summed E-state index contributed by atoms with van der Waals surface area (Å²) in [7, 11) is 0.